The van der Waals surface area contributed by atoms with Gasteiger partial charge in [0.1, 0.15) is 5.69 Å². The van der Waals surface area contributed by atoms with Crippen molar-refractivity contribution in [1.82, 2.24) is 35.3 Å². The second-order valence-corrected chi connectivity index (χ2v) is 9.01. The molecule has 6 rings (SSSR count). The van der Waals surface area contributed by atoms with Crippen molar-refractivity contribution in [3.63, 3.8) is 0 Å². The number of hydrogen-bond donors (Lipinski definition) is 1. The maximum atomic E-state index is 4.68. The minimum absolute atomic E-state index is 0.606. The Balaban J connectivity index is 1.30. The molecule has 30 heavy (non-hydrogen) atoms. The molecule has 0 amide bonds. The number of aromatic nitrogens is 6. The lowest BCUT2D eigenvalue weighted by atomic mass is 10.0. The lowest BCUT2D eigenvalue weighted by Crippen LogP contribution is -2.53. The van der Waals surface area contributed by atoms with Crippen LogP contribution < -0.4 is 4.90 Å². The van der Waals surface area contributed by atoms with Gasteiger partial charge in [0.15, 0.2) is 0 Å². The summed E-state index contributed by atoms with van der Waals surface area (Å²) in [5.74, 6) is 1.56. The number of aromatic amines is 1. The minimum atomic E-state index is 0.606. The van der Waals surface area contributed by atoms with E-state index in [1.807, 2.05) is 24.1 Å². The molecule has 3 aromatic heterocycles. The highest BCUT2D eigenvalue weighted by Gasteiger charge is 2.37. The number of nitrogens with zero attached hydrogens (tertiary/aromatic N) is 7. The van der Waals surface area contributed by atoms with Gasteiger partial charge in [0, 0.05) is 48.6 Å². The molecule has 1 N–H and O–H groups in total. The molecular weight excluding hydrogens is 396 g/mol. The number of nitrogens with one attached hydrogen (secondary N) is 1. The number of piperazine rings is 1. The van der Waals surface area contributed by atoms with Crippen LogP contribution >= 0.6 is 11.3 Å². The Hall–Kier alpha value is -2.91. The van der Waals surface area contributed by atoms with Gasteiger partial charge >= 0.3 is 0 Å². The van der Waals surface area contributed by atoms with Gasteiger partial charge in [-0.1, -0.05) is 12.1 Å². The number of thiazole rings is 1. The molecule has 0 radical (unpaired) electrons. The predicted molar refractivity (Wildman–Crippen MR) is 117 cm³/mol. The van der Waals surface area contributed by atoms with Crippen molar-refractivity contribution < 1.29 is 0 Å². The third-order valence-electron chi connectivity index (χ3n) is 6.26. The number of fused-ring (bicyclic) bond motifs is 1. The van der Waals surface area contributed by atoms with E-state index >= 15 is 0 Å². The Morgan fingerprint density at radius 2 is 1.97 bits per heavy atom. The molecular formula is C21H22N8S. The van der Waals surface area contributed by atoms with Gasteiger partial charge in [0.2, 0.25) is 5.95 Å². The molecule has 1 atom stereocenters. The van der Waals surface area contributed by atoms with E-state index in [2.05, 4.69) is 59.3 Å². The topological polar surface area (TPSA) is 86.7 Å². The number of anilines is 1. The molecule has 0 spiro atoms. The highest BCUT2D eigenvalue weighted by Crippen LogP contribution is 2.38. The van der Waals surface area contributed by atoms with E-state index in [-0.39, 0.29) is 0 Å². The van der Waals surface area contributed by atoms with Crippen LogP contribution in [0.25, 0.3) is 32.6 Å². The molecule has 1 unspecified atom stereocenters. The maximum Gasteiger partial charge on any atom is 0.245 e. The van der Waals surface area contributed by atoms with Crippen molar-refractivity contribution in [2.45, 2.75) is 18.9 Å². The molecule has 2 fully saturated rings. The average Bonchev–Trinajstić information content (AvgIpc) is 3.25. The van der Waals surface area contributed by atoms with Gasteiger partial charge in [0.25, 0.3) is 0 Å². The summed E-state index contributed by atoms with van der Waals surface area (Å²) in [6, 6.07) is 4.75. The first-order chi connectivity index (χ1) is 14.8. The second kappa shape index (κ2) is 7.10. The number of H-pyrrole nitrogens is 1. The molecule has 4 aromatic rings. The van der Waals surface area contributed by atoms with Crippen molar-refractivity contribution in [3.8, 4) is 22.4 Å². The lowest BCUT2D eigenvalue weighted by Gasteiger charge is -2.39. The number of rotatable bonds is 4. The third kappa shape index (κ3) is 3.05. The van der Waals surface area contributed by atoms with Gasteiger partial charge in [-0.2, -0.15) is 5.10 Å². The van der Waals surface area contributed by atoms with Crippen LogP contribution in [0.15, 0.2) is 36.2 Å². The fourth-order valence-corrected chi connectivity index (χ4v) is 5.23. The van der Waals surface area contributed by atoms with E-state index in [1.54, 1.807) is 11.3 Å². The summed E-state index contributed by atoms with van der Waals surface area (Å²) in [6.07, 6.45) is 8.24. The fourth-order valence-electron chi connectivity index (χ4n) is 4.39. The normalized spacial score (nSPS) is 20.2. The Kier molecular flexibility index (Phi) is 4.24. The zero-order chi connectivity index (χ0) is 20.1. The maximum absolute atomic E-state index is 4.68. The van der Waals surface area contributed by atoms with Crippen molar-refractivity contribution >= 4 is 27.5 Å². The molecule has 8 nitrogen and oxygen atoms in total. The monoisotopic (exact) mass is 418 g/mol. The summed E-state index contributed by atoms with van der Waals surface area (Å²) in [5, 5.41) is 16.0. The number of likely N-dealkylation sites (N-methyl/N-ethyl adjacent to an activating group) is 1. The molecule has 4 heterocycles. The van der Waals surface area contributed by atoms with Gasteiger partial charge < -0.3 is 4.90 Å². The summed E-state index contributed by atoms with van der Waals surface area (Å²) in [4.78, 5) is 14.0. The SMILES string of the molecule is CN1CCN(c2ncc(-c3ccc(-c4cn[nH]c4)c4ncsc34)nn2)CC1C1CC1. The zero-order valence-corrected chi connectivity index (χ0v) is 17.5. The van der Waals surface area contributed by atoms with E-state index in [0.717, 1.165) is 64.1 Å². The van der Waals surface area contributed by atoms with Gasteiger partial charge in [0.05, 0.1) is 28.1 Å². The molecule has 152 valence electrons. The van der Waals surface area contributed by atoms with Gasteiger partial charge in [-0.15, -0.1) is 21.5 Å². The molecule has 1 saturated carbocycles. The third-order valence-corrected chi connectivity index (χ3v) is 7.12. The molecule has 0 bridgehead atoms. The van der Waals surface area contributed by atoms with Crippen LogP contribution in [0.2, 0.25) is 0 Å². The van der Waals surface area contributed by atoms with Gasteiger partial charge in [-0.25, -0.2) is 9.97 Å². The highest BCUT2D eigenvalue weighted by molar-refractivity contribution is 7.17. The predicted octanol–water partition coefficient (Wildman–Crippen LogP) is 3.07. The van der Waals surface area contributed by atoms with Crippen LogP contribution in [0.5, 0.6) is 0 Å². The van der Waals surface area contributed by atoms with Crippen molar-refractivity contribution in [2.24, 2.45) is 5.92 Å². The number of benzene rings is 1. The van der Waals surface area contributed by atoms with E-state index in [4.69, 9.17) is 0 Å². The second-order valence-electron chi connectivity index (χ2n) is 8.15. The summed E-state index contributed by atoms with van der Waals surface area (Å²) >= 11 is 1.61. The Labute approximate surface area is 178 Å². The van der Waals surface area contributed by atoms with E-state index in [1.165, 1.54) is 12.8 Å². The first-order valence-electron chi connectivity index (χ1n) is 10.3. The smallest absolute Gasteiger partial charge is 0.245 e. The van der Waals surface area contributed by atoms with Crippen LogP contribution in [0.1, 0.15) is 12.8 Å². The molecule has 1 aliphatic carbocycles. The fraction of sp³-hybridized carbons (Fsp3) is 0.381. The van der Waals surface area contributed by atoms with Crippen LogP contribution in [0, 0.1) is 5.92 Å². The van der Waals surface area contributed by atoms with Crippen LogP contribution in [0.3, 0.4) is 0 Å². The van der Waals surface area contributed by atoms with E-state index in [9.17, 15) is 0 Å². The van der Waals surface area contributed by atoms with Crippen LogP contribution in [-0.2, 0) is 0 Å². The quantitative estimate of drug-likeness (QED) is 0.545. The molecule has 1 aliphatic heterocycles. The van der Waals surface area contributed by atoms with Crippen molar-refractivity contribution in [3.05, 3.63) is 36.2 Å². The highest BCUT2D eigenvalue weighted by atomic mass is 32.1. The van der Waals surface area contributed by atoms with Gasteiger partial charge in [-0.3, -0.25) is 10.00 Å². The van der Waals surface area contributed by atoms with E-state index in [0.29, 0.717) is 6.04 Å². The van der Waals surface area contributed by atoms with Crippen molar-refractivity contribution in [1.29, 1.82) is 0 Å². The summed E-state index contributed by atoms with van der Waals surface area (Å²) in [7, 11) is 2.23. The molecule has 1 saturated heterocycles. The molecule has 2 aliphatic rings. The minimum Gasteiger partial charge on any atom is -0.337 e. The summed E-state index contributed by atoms with van der Waals surface area (Å²) in [6.45, 7) is 2.98. The summed E-state index contributed by atoms with van der Waals surface area (Å²) < 4.78 is 1.09. The number of hydrogen-bond acceptors (Lipinski definition) is 8. The Morgan fingerprint density at radius 3 is 2.73 bits per heavy atom. The van der Waals surface area contributed by atoms with E-state index < -0.39 is 0 Å². The molecule has 1 aromatic carbocycles. The Morgan fingerprint density at radius 1 is 1.07 bits per heavy atom. The van der Waals surface area contributed by atoms with Crippen molar-refractivity contribution in [2.75, 3.05) is 31.6 Å². The zero-order valence-electron chi connectivity index (χ0n) is 16.7. The standard InChI is InChI=1S/C21H22N8S/c1-28-6-7-29(11-18(28)13-2-3-13)21-22-10-17(26-27-21)16-5-4-15(14-8-24-25-9-14)19-20(16)30-12-23-19/h4-5,8-10,12-13,18H,2-3,6-7,11H2,1H3,(H,24,25). The van der Waals surface area contributed by atoms with Crippen LogP contribution in [-0.4, -0.2) is 68.0 Å². The first-order valence-corrected chi connectivity index (χ1v) is 11.2. The average molecular weight is 419 g/mol. The first kappa shape index (κ1) is 17.9. The summed E-state index contributed by atoms with van der Waals surface area (Å²) in [5.41, 5.74) is 6.70. The van der Waals surface area contributed by atoms with Gasteiger partial charge in [-0.05, 0) is 25.8 Å². The largest absolute Gasteiger partial charge is 0.337 e. The Bertz CT molecular complexity index is 1170. The lowest BCUT2D eigenvalue weighted by molar-refractivity contribution is 0.196. The van der Waals surface area contributed by atoms with Crippen LogP contribution in [0.4, 0.5) is 5.95 Å². The molecule has 9 heteroatoms.